The summed E-state index contributed by atoms with van der Waals surface area (Å²) >= 11 is 0. The van der Waals surface area contributed by atoms with Gasteiger partial charge in [-0.2, -0.15) is 0 Å². The fourth-order valence-electron chi connectivity index (χ4n) is 2.65. The fraction of sp³-hybridized carbons (Fsp3) is 0.0909. The lowest BCUT2D eigenvalue weighted by Gasteiger charge is -2.23. The topological polar surface area (TPSA) is 61.4 Å². The monoisotopic (exact) mass is 359 g/mol. The van der Waals surface area contributed by atoms with Gasteiger partial charge in [-0.3, -0.25) is 4.79 Å². The predicted octanol–water partition coefficient (Wildman–Crippen LogP) is 4.04. The molecule has 0 aromatic heterocycles. The van der Waals surface area contributed by atoms with Crippen molar-refractivity contribution in [1.82, 2.24) is 5.32 Å². The summed E-state index contributed by atoms with van der Waals surface area (Å²) < 4.78 is 0. The van der Waals surface area contributed by atoms with E-state index in [1.165, 1.54) is 0 Å². The Bertz CT molecular complexity index is 868. The van der Waals surface area contributed by atoms with E-state index in [-0.39, 0.29) is 12.5 Å². The van der Waals surface area contributed by atoms with Crippen LogP contribution in [0.1, 0.15) is 5.56 Å². The Morgan fingerprint density at radius 2 is 1.30 bits per heavy atom. The summed E-state index contributed by atoms with van der Waals surface area (Å²) in [6, 6.07) is 27.9. The van der Waals surface area contributed by atoms with Crippen LogP contribution in [0.3, 0.4) is 0 Å². The normalized spacial score (nSPS) is 10.1. The molecule has 0 aliphatic carbocycles. The second-order valence-electron chi connectivity index (χ2n) is 5.97. The van der Waals surface area contributed by atoms with E-state index in [1.54, 1.807) is 17.0 Å². The highest BCUT2D eigenvalue weighted by Crippen LogP contribution is 2.17. The zero-order chi connectivity index (χ0) is 18.9. The average molecular weight is 359 g/mol. The first-order valence-corrected chi connectivity index (χ1v) is 8.71. The van der Waals surface area contributed by atoms with Gasteiger partial charge in [0.15, 0.2) is 0 Å². The molecule has 3 amide bonds. The van der Waals surface area contributed by atoms with Crippen LogP contribution in [-0.4, -0.2) is 18.5 Å². The van der Waals surface area contributed by atoms with Gasteiger partial charge in [0.05, 0.1) is 13.1 Å². The number of carbonyl (C=O) groups is 2. The van der Waals surface area contributed by atoms with Crippen LogP contribution in [0.4, 0.5) is 16.2 Å². The molecule has 0 radical (unpaired) electrons. The Morgan fingerprint density at radius 1 is 0.741 bits per heavy atom. The molecule has 3 rings (SSSR count). The molecule has 27 heavy (non-hydrogen) atoms. The number of hydrogen-bond donors (Lipinski definition) is 2. The molecule has 3 aromatic rings. The van der Waals surface area contributed by atoms with Crippen LogP contribution in [-0.2, 0) is 11.3 Å². The summed E-state index contributed by atoms with van der Waals surface area (Å²) in [6.45, 7) is 0.339. The maximum atomic E-state index is 12.8. The van der Waals surface area contributed by atoms with Crippen LogP contribution in [0.2, 0.25) is 0 Å². The maximum absolute atomic E-state index is 12.8. The number of nitrogens with zero attached hydrogens (tertiary/aromatic N) is 1. The van der Waals surface area contributed by atoms with Crippen LogP contribution in [0.15, 0.2) is 91.0 Å². The lowest BCUT2D eigenvalue weighted by molar-refractivity contribution is -0.117. The highest BCUT2D eigenvalue weighted by Gasteiger charge is 2.17. The average Bonchev–Trinajstić information content (AvgIpc) is 2.72. The minimum atomic E-state index is -0.415. The molecule has 0 aliphatic rings. The van der Waals surface area contributed by atoms with E-state index >= 15 is 0 Å². The minimum absolute atomic E-state index is 0.0968. The van der Waals surface area contributed by atoms with Crippen LogP contribution < -0.4 is 15.5 Å². The van der Waals surface area contributed by atoms with Gasteiger partial charge in [-0.1, -0.05) is 66.7 Å². The smallest absolute Gasteiger partial charge is 0.319 e. The molecule has 0 aliphatic heterocycles. The van der Waals surface area contributed by atoms with Crippen LogP contribution in [0.25, 0.3) is 0 Å². The standard InChI is InChI=1S/C22H21N3O2/c26-21(16-23-22(27)24-19-12-6-2-7-13-19)25(20-14-8-3-9-15-20)17-18-10-4-1-5-11-18/h1-15H,16-17H2,(H2,23,24,27). The van der Waals surface area contributed by atoms with E-state index in [0.717, 1.165) is 11.3 Å². The van der Waals surface area contributed by atoms with E-state index in [2.05, 4.69) is 10.6 Å². The number of anilines is 2. The number of para-hydroxylation sites is 2. The zero-order valence-corrected chi connectivity index (χ0v) is 14.8. The van der Waals surface area contributed by atoms with Gasteiger partial charge >= 0.3 is 6.03 Å². The van der Waals surface area contributed by atoms with E-state index in [1.807, 2.05) is 78.9 Å². The highest BCUT2D eigenvalue weighted by atomic mass is 16.2. The van der Waals surface area contributed by atoms with E-state index in [4.69, 9.17) is 0 Å². The number of rotatable bonds is 6. The summed E-state index contributed by atoms with van der Waals surface area (Å²) in [7, 11) is 0. The van der Waals surface area contributed by atoms with Crippen LogP contribution >= 0.6 is 0 Å². The largest absolute Gasteiger partial charge is 0.329 e. The predicted molar refractivity (Wildman–Crippen MR) is 108 cm³/mol. The van der Waals surface area contributed by atoms with Gasteiger partial charge in [0.25, 0.3) is 0 Å². The first kappa shape index (κ1) is 18.2. The maximum Gasteiger partial charge on any atom is 0.319 e. The molecule has 0 saturated heterocycles. The van der Waals surface area contributed by atoms with Gasteiger partial charge in [0, 0.05) is 11.4 Å². The number of amides is 3. The zero-order valence-electron chi connectivity index (χ0n) is 14.8. The highest BCUT2D eigenvalue weighted by molar-refractivity contribution is 5.98. The third-order valence-electron chi connectivity index (χ3n) is 3.98. The first-order chi connectivity index (χ1) is 13.2. The van der Waals surface area contributed by atoms with Crippen molar-refractivity contribution in [2.75, 3.05) is 16.8 Å². The second kappa shape index (κ2) is 9.20. The number of urea groups is 1. The second-order valence-corrected chi connectivity index (χ2v) is 5.97. The Hall–Kier alpha value is -3.60. The van der Waals surface area contributed by atoms with Crippen molar-refractivity contribution in [2.45, 2.75) is 6.54 Å². The lowest BCUT2D eigenvalue weighted by Crippen LogP contribution is -2.41. The van der Waals surface area contributed by atoms with Crippen molar-refractivity contribution >= 4 is 23.3 Å². The van der Waals surface area contributed by atoms with Gasteiger partial charge in [-0.25, -0.2) is 4.79 Å². The Labute approximate surface area is 158 Å². The fourth-order valence-corrected chi connectivity index (χ4v) is 2.65. The molecular formula is C22H21N3O2. The van der Waals surface area contributed by atoms with Crippen molar-refractivity contribution < 1.29 is 9.59 Å². The van der Waals surface area contributed by atoms with Gasteiger partial charge < -0.3 is 15.5 Å². The van der Waals surface area contributed by atoms with Crippen LogP contribution in [0, 0.1) is 0 Å². The molecule has 136 valence electrons. The third-order valence-corrected chi connectivity index (χ3v) is 3.98. The molecule has 0 fully saturated rings. The number of hydrogen-bond acceptors (Lipinski definition) is 2. The number of benzene rings is 3. The molecule has 0 saturated carbocycles. The van der Waals surface area contributed by atoms with Crippen molar-refractivity contribution in [3.05, 3.63) is 96.6 Å². The van der Waals surface area contributed by atoms with Crippen molar-refractivity contribution in [1.29, 1.82) is 0 Å². The summed E-state index contributed by atoms with van der Waals surface area (Å²) in [6.07, 6.45) is 0. The number of nitrogens with one attached hydrogen (secondary N) is 2. The number of carbonyl (C=O) groups excluding carboxylic acids is 2. The Kier molecular flexibility index (Phi) is 6.20. The minimum Gasteiger partial charge on any atom is -0.329 e. The quantitative estimate of drug-likeness (QED) is 0.698. The van der Waals surface area contributed by atoms with Gasteiger partial charge in [-0.15, -0.1) is 0 Å². The lowest BCUT2D eigenvalue weighted by atomic mass is 10.2. The summed E-state index contributed by atoms with van der Waals surface area (Å²) in [5.41, 5.74) is 2.48. The molecule has 0 unspecified atom stereocenters. The molecule has 0 bridgehead atoms. The summed E-state index contributed by atoms with van der Waals surface area (Å²) in [5, 5.41) is 5.33. The molecule has 5 heteroatoms. The SMILES string of the molecule is O=C(NCC(=O)N(Cc1ccccc1)c1ccccc1)Nc1ccccc1. The third kappa shape index (κ3) is 5.44. The Morgan fingerprint density at radius 3 is 1.93 bits per heavy atom. The van der Waals surface area contributed by atoms with Crippen LogP contribution in [0.5, 0.6) is 0 Å². The summed E-state index contributed by atoms with van der Waals surface area (Å²) in [4.78, 5) is 26.5. The molecule has 3 aromatic carbocycles. The van der Waals surface area contributed by atoms with Crippen molar-refractivity contribution in [3.63, 3.8) is 0 Å². The molecule has 2 N–H and O–H groups in total. The molecule has 0 spiro atoms. The molecular weight excluding hydrogens is 338 g/mol. The molecule has 0 heterocycles. The summed E-state index contributed by atoms with van der Waals surface area (Å²) in [5.74, 6) is -0.187. The first-order valence-electron chi connectivity index (χ1n) is 8.71. The molecule has 5 nitrogen and oxygen atoms in total. The van der Waals surface area contributed by atoms with E-state index < -0.39 is 6.03 Å². The van der Waals surface area contributed by atoms with Crippen molar-refractivity contribution in [3.8, 4) is 0 Å². The van der Waals surface area contributed by atoms with Gasteiger partial charge in [0.1, 0.15) is 0 Å². The molecule has 0 atom stereocenters. The van der Waals surface area contributed by atoms with Gasteiger partial charge in [-0.05, 0) is 29.8 Å². The van der Waals surface area contributed by atoms with Gasteiger partial charge in [0.2, 0.25) is 5.91 Å². The van der Waals surface area contributed by atoms with E-state index in [9.17, 15) is 9.59 Å². The van der Waals surface area contributed by atoms with E-state index in [0.29, 0.717) is 12.2 Å². The van der Waals surface area contributed by atoms with Crippen molar-refractivity contribution in [2.24, 2.45) is 0 Å². The Balaban J connectivity index is 1.65.